The minimum atomic E-state index is -0.468. The Kier molecular flexibility index (Phi) is 3.06. The van der Waals surface area contributed by atoms with Crippen LogP contribution in [0.15, 0.2) is 28.7 Å². The van der Waals surface area contributed by atoms with E-state index in [-0.39, 0.29) is 11.1 Å². The molecule has 0 amide bonds. The zero-order chi connectivity index (χ0) is 12.4. The Hall–Kier alpha value is -1.95. The van der Waals surface area contributed by atoms with Crippen LogP contribution in [0.1, 0.15) is 18.2 Å². The van der Waals surface area contributed by atoms with Crippen LogP contribution in [0.5, 0.6) is 0 Å². The molecule has 88 valence electrons. The topological polar surface area (TPSA) is 82.1 Å². The summed E-state index contributed by atoms with van der Waals surface area (Å²) in [5.41, 5.74) is 0.630. The number of nitro benzene ring substituents is 1. The van der Waals surface area contributed by atoms with Crippen molar-refractivity contribution in [2.24, 2.45) is 0 Å². The molecule has 0 radical (unpaired) electrons. The maximum absolute atomic E-state index is 10.5. The van der Waals surface area contributed by atoms with Gasteiger partial charge in [-0.05, 0) is 19.1 Å². The van der Waals surface area contributed by atoms with E-state index in [1.165, 1.54) is 12.1 Å². The van der Waals surface area contributed by atoms with Crippen molar-refractivity contribution in [2.45, 2.75) is 12.3 Å². The second-order valence-electron chi connectivity index (χ2n) is 3.37. The molecule has 2 rings (SSSR count). The zero-order valence-corrected chi connectivity index (χ0v) is 9.59. The predicted octanol–water partition coefficient (Wildman–Crippen LogP) is 2.94. The van der Waals surface area contributed by atoms with Gasteiger partial charge in [0, 0.05) is 17.7 Å². The van der Waals surface area contributed by atoms with Crippen LogP contribution in [0, 0.1) is 10.1 Å². The molecule has 0 saturated heterocycles. The number of hydrogen-bond donors (Lipinski definition) is 0. The minimum Gasteiger partial charge on any atom is -0.419 e. The zero-order valence-electron chi connectivity index (χ0n) is 8.83. The van der Waals surface area contributed by atoms with Gasteiger partial charge in [-0.2, -0.15) is 0 Å². The molecule has 1 heterocycles. The van der Waals surface area contributed by atoms with E-state index in [0.717, 1.165) is 0 Å². The number of alkyl halides is 1. The number of hydrogen-bond acceptors (Lipinski definition) is 5. The largest absolute Gasteiger partial charge is 0.419 e. The van der Waals surface area contributed by atoms with Gasteiger partial charge in [0.15, 0.2) is 0 Å². The summed E-state index contributed by atoms with van der Waals surface area (Å²) in [6, 6.07) is 5.86. The standard InChI is InChI=1S/C10H8ClN3O3/c1-6(11)9-12-13-10(17-9)7-2-4-8(5-3-7)14(15)16/h2-6H,1H3. The number of nitro groups is 1. The Morgan fingerprint density at radius 3 is 2.47 bits per heavy atom. The molecule has 0 fully saturated rings. The Bertz CT molecular complexity index is 536. The summed E-state index contributed by atoms with van der Waals surface area (Å²) in [6.45, 7) is 1.72. The first-order chi connectivity index (χ1) is 8.08. The second-order valence-corrected chi connectivity index (χ2v) is 4.02. The van der Waals surface area contributed by atoms with E-state index in [2.05, 4.69) is 10.2 Å². The number of benzene rings is 1. The molecule has 0 N–H and O–H groups in total. The van der Waals surface area contributed by atoms with Gasteiger partial charge in [0.25, 0.3) is 5.69 Å². The van der Waals surface area contributed by atoms with Gasteiger partial charge >= 0.3 is 0 Å². The summed E-state index contributed by atoms with van der Waals surface area (Å²) in [7, 11) is 0. The second kappa shape index (κ2) is 4.50. The summed E-state index contributed by atoms with van der Waals surface area (Å²) in [6.07, 6.45) is 0. The molecule has 0 bridgehead atoms. The molecule has 1 aromatic carbocycles. The molecule has 0 saturated carbocycles. The fourth-order valence-corrected chi connectivity index (χ4v) is 1.33. The number of aromatic nitrogens is 2. The van der Waals surface area contributed by atoms with Crippen LogP contribution in [0.3, 0.4) is 0 Å². The highest BCUT2D eigenvalue weighted by atomic mass is 35.5. The highest BCUT2D eigenvalue weighted by Gasteiger charge is 2.13. The Labute approximate surface area is 101 Å². The van der Waals surface area contributed by atoms with Crippen molar-refractivity contribution in [1.29, 1.82) is 0 Å². The van der Waals surface area contributed by atoms with Gasteiger partial charge in [-0.1, -0.05) is 0 Å². The third kappa shape index (κ3) is 2.42. The van der Waals surface area contributed by atoms with E-state index in [1.807, 2.05) is 0 Å². The highest BCUT2D eigenvalue weighted by Crippen LogP contribution is 2.24. The SMILES string of the molecule is CC(Cl)c1nnc(-c2ccc([N+](=O)[O-])cc2)o1. The molecule has 1 aromatic heterocycles. The molecular formula is C10H8ClN3O3. The summed E-state index contributed by atoms with van der Waals surface area (Å²) in [5, 5.41) is 17.7. The van der Waals surface area contributed by atoms with E-state index in [4.69, 9.17) is 16.0 Å². The van der Waals surface area contributed by atoms with Crippen molar-refractivity contribution in [3.8, 4) is 11.5 Å². The third-order valence-electron chi connectivity index (χ3n) is 2.11. The average molecular weight is 254 g/mol. The van der Waals surface area contributed by atoms with E-state index >= 15 is 0 Å². The van der Waals surface area contributed by atoms with Crippen molar-refractivity contribution in [3.05, 3.63) is 40.3 Å². The van der Waals surface area contributed by atoms with Gasteiger partial charge in [-0.15, -0.1) is 21.8 Å². The van der Waals surface area contributed by atoms with Gasteiger partial charge < -0.3 is 4.42 Å². The number of rotatable bonds is 3. The van der Waals surface area contributed by atoms with Crippen molar-refractivity contribution in [1.82, 2.24) is 10.2 Å². The Morgan fingerprint density at radius 1 is 1.35 bits per heavy atom. The summed E-state index contributed by atoms with van der Waals surface area (Å²) in [5.74, 6) is 0.613. The first-order valence-corrected chi connectivity index (χ1v) is 5.24. The molecule has 0 spiro atoms. The van der Waals surface area contributed by atoms with E-state index < -0.39 is 4.92 Å². The summed E-state index contributed by atoms with van der Waals surface area (Å²) in [4.78, 5) is 10.0. The molecule has 0 aliphatic carbocycles. The summed E-state index contributed by atoms with van der Waals surface area (Å²) < 4.78 is 5.31. The van der Waals surface area contributed by atoms with Crippen LogP contribution in [-0.4, -0.2) is 15.1 Å². The van der Waals surface area contributed by atoms with Crippen molar-refractivity contribution in [2.75, 3.05) is 0 Å². The monoisotopic (exact) mass is 253 g/mol. The summed E-state index contributed by atoms with van der Waals surface area (Å²) >= 11 is 5.79. The lowest BCUT2D eigenvalue weighted by Gasteiger charge is -1.95. The predicted molar refractivity (Wildman–Crippen MR) is 60.7 cm³/mol. The molecule has 17 heavy (non-hydrogen) atoms. The maximum atomic E-state index is 10.5. The van der Waals surface area contributed by atoms with Crippen LogP contribution < -0.4 is 0 Å². The Balaban J connectivity index is 2.30. The molecule has 0 aliphatic rings. The van der Waals surface area contributed by atoms with Crippen LogP contribution in [0.2, 0.25) is 0 Å². The molecule has 6 nitrogen and oxygen atoms in total. The lowest BCUT2D eigenvalue weighted by molar-refractivity contribution is -0.384. The van der Waals surface area contributed by atoms with E-state index in [1.54, 1.807) is 19.1 Å². The van der Waals surface area contributed by atoms with E-state index in [9.17, 15) is 10.1 Å². The lowest BCUT2D eigenvalue weighted by Crippen LogP contribution is -1.87. The van der Waals surface area contributed by atoms with Crippen molar-refractivity contribution < 1.29 is 9.34 Å². The first-order valence-electron chi connectivity index (χ1n) is 4.80. The highest BCUT2D eigenvalue weighted by molar-refractivity contribution is 6.20. The van der Waals surface area contributed by atoms with Gasteiger partial charge in [0.05, 0.1) is 4.92 Å². The fraction of sp³-hybridized carbons (Fsp3) is 0.200. The molecule has 1 unspecified atom stereocenters. The fourth-order valence-electron chi connectivity index (χ4n) is 1.24. The van der Waals surface area contributed by atoms with Gasteiger partial charge in [-0.25, -0.2) is 0 Å². The number of nitrogens with zero attached hydrogens (tertiary/aromatic N) is 3. The molecule has 0 aliphatic heterocycles. The van der Waals surface area contributed by atoms with Gasteiger partial charge in [0.1, 0.15) is 5.38 Å². The van der Waals surface area contributed by atoms with Crippen molar-refractivity contribution in [3.63, 3.8) is 0 Å². The molecule has 1 atom stereocenters. The molecule has 7 heteroatoms. The van der Waals surface area contributed by atoms with Crippen LogP contribution >= 0.6 is 11.6 Å². The van der Waals surface area contributed by atoms with E-state index in [0.29, 0.717) is 17.3 Å². The minimum absolute atomic E-state index is 0.0131. The van der Waals surface area contributed by atoms with Gasteiger partial charge in [-0.3, -0.25) is 10.1 Å². The van der Waals surface area contributed by atoms with Crippen LogP contribution in [-0.2, 0) is 0 Å². The quantitative estimate of drug-likeness (QED) is 0.477. The molecule has 2 aromatic rings. The number of halogens is 1. The average Bonchev–Trinajstić information content (AvgIpc) is 2.78. The molecular weight excluding hydrogens is 246 g/mol. The van der Waals surface area contributed by atoms with Crippen LogP contribution in [0.25, 0.3) is 11.5 Å². The van der Waals surface area contributed by atoms with Crippen molar-refractivity contribution >= 4 is 17.3 Å². The normalized spacial score (nSPS) is 12.4. The smallest absolute Gasteiger partial charge is 0.269 e. The Morgan fingerprint density at radius 2 is 2.00 bits per heavy atom. The third-order valence-corrected chi connectivity index (χ3v) is 2.29. The lowest BCUT2D eigenvalue weighted by atomic mass is 10.2. The number of non-ortho nitro benzene ring substituents is 1. The maximum Gasteiger partial charge on any atom is 0.269 e. The van der Waals surface area contributed by atoms with Crippen LogP contribution in [0.4, 0.5) is 5.69 Å². The van der Waals surface area contributed by atoms with Gasteiger partial charge in [0.2, 0.25) is 11.8 Å². The first kappa shape index (κ1) is 11.5.